The van der Waals surface area contributed by atoms with Crippen molar-refractivity contribution >= 4 is 21.7 Å². The Morgan fingerprint density at radius 3 is 2.47 bits per heavy atom. The van der Waals surface area contributed by atoms with Gasteiger partial charge in [0.05, 0.1) is 5.33 Å². The van der Waals surface area contributed by atoms with Gasteiger partial charge >= 0.3 is 6.36 Å². The molecule has 2 nitrogen and oxygen atoms in total. The Hall–Kier alpha value is -1.11. The molecule has 0 fully saturated rings. The van der Waals surface area contributed by atoms with Crippen LogP contribution in [-0.2, 0) is 11.2 Å². The molecule has 0 aliphatic heterocycles. The summed E-state index contributed by atoms with van der Waals surface area (Å²) in [6.07, 6.45) is -5.04. The molecular weight excluding hydrogens is 308 g/mol. The van der Waals surface area contributed by atoms with Crippen molar-refractivity contribution in [1.29, 1.82) is 0 Å². The third-order valence-corrected chi connectivity index (χ3v) is 2.34. The van der Waals surface area contributed by atoms with E-state index in [0.717, 1.165) is 12.1 Å². The van der Waals surface area contributed by atoms with Gasteiger partial charge in [-0.3, -0.25) is 4.79 Å². The minimum absolute atomic E-state index is 0.0545. The first-order valence-electron chi connectivity index (χ1n) is 4.43. The van der Waals surface area contributed by atoms with Gasteiger partial charge in [-0.05, 0) is 17.7 Å². The number of ketones is 1. The fourth-order valence-electron chi connectivity index (χ4n) is 1.19. The zero-order chi connectivity index (χ0) is 13.1. The van der Waals surface area contributed by atoms with E-state index in [0.29, 0.717) is 6.07 Å². The summed E-state index contributed by atoms with van der Waals surface area (Å²) in [6, 6.07) is 2.58. The molecular formula is C10H7BrF4O2. The van der Waals surface area contributed by atoms with Gasteiger partial charge in [0, 0.05) is 12.5 Å². The first-order chi connectivity index (χ1) is 7.80. The van der Waals surface area contributed by atoms with E-state index in [1.54, 1.807) is 0 Å². The second kappa shape index (κ2) is 5.48. The predicted molar refractivity (Wildman–Crippen MR) is 55.6 cm³/mol. The molecule has 0 aliphatic carbocycles. The van der Waals surface area contributed by atoms with Crippen LogP contribution in [0.4, 0.5) is 17.6 Å². The molecule has 1 rings (SSSR count). The maximum absolute atomic E-state index is 13.0. The molecule has 0 aromatic heterocycles. The van der Waals surface area contributed by atoms with Crippen molar-refractivity contribution in [2.75, 3.05) is 5.33 Å². The minimum Gasteiger partial charge on any atom is -0.406 e. The van der Waals surface area contributed by atoms with Crippen molar-refractivity contribution in [2.24, 2.45) is 0 Å². The second-order valence-electron chi connectivity index (χ2n) is 3.19. The molecule has 0 saturated carbocycles. The molecule has 0 unspecified atom stereocenters. The number of rotatable bonds is 4. The van der Waals surface area contributed by atoms with Crippen LogP contribution < -0.4 is 4.74 Å². The lowest BCUT2D eigenvalue weighted by atomic mass is 10.1. The number of halogens is 5. The van der Waals surface area contributed by atoms with E-state index in [1.165, 1.54) is 0 Å². The Labute approximate surface area is 103 Å². The summed E-state index contributed by atoms with van der Waals surface area (Å²) in [7, 11) is 0. The summed E-state index contributed by atoms with van der Waals surface area (Å²) in [6.45, 7) is 0. The van der Waals surface area contributed by atoms with Gasteiger partial charge in [0.15, 0.2) is 0 Å². The molecule has 0 atom stereocenters. The second-order valence-corrected chi connectivity index (χ2v) is 3.75. The predicted octanol–water partition coefficient (Wildman–Crippen LogP) is 3.23. The zero-order valence-corrected chi connectivity index (χ0v) is 9.94. The average Bonchev–Trinajstić information content (AvgIpc) is 2.13. The Kier molecular flexibility index (Phi) is 4.50. The van der Waals surface area contributed by atoms with Crippen LogP contribution in [0.25, 0.3) is 0 Å². The third kappa shape index (κ3) is 5.16. The van der Waals surface area contributed by atoms with Gasteiger partial charge in [-0.2, -0.15) is 0 Å². The highest BCUT2D eigenvalue weighted by Gasteiger charge is 2.31. The molecule has 94 valence electrons. The molecule has 0 heterocycles. The van der Waals surface area contributed by atoms with E-state index in [1.807, 2.05) is 0 Å². The normalized spacial score (nSPS) is 11.4. The van der Waals surface area contributed by atoms with Crippen LogP contribution in [0.15, 0.2) is 18.2 Å². The maximum Gasteiger partial charge on any atom is 0.573 e. The lowest BCUT2D eigenvalue weighted by molar-refractivity contribution is -0.274. The molecule has 0 spiro atoms. The summed E-state index contributed by atoms with van der Waals surface area (Å²) >= 11 is 2.90. The lowest BCUT2D eigenvalue weighted by Crippen LogP contribution is -2.17. The Balaban J connectivity index is 2.90. The molecule has 0 aliphatic rings. The molecule has 0 N–H and O–H groups in total. The van der Waals surface area contributed by atoms with Gasteiger partial charge in [0.2, 0.25) is 0 Å². The molecule has 1 aromatic rings. The van der Waals surface area contributed by atoms with Gasteiger partial charge in [0.1, 0.15) is 17.3 Å². The van der Waals surface area contributed by atoms with Crippen LogP contribution in [0.3, 0.4) is 0 Å². The number of alkyl halides is 4. The van der Waals surface area contributed by atoms with Gasteiger partial charge in [0.25, 0.3) is 0 Å². The molecule has 0 bridgehead atoms. The van der Waals surface area contributed by atoms with Crippen LogP contribution in [0.2, 0.25) is 0 Å². The topological polar surface area (TPSA) is 26.3 Å². The fourth-order valence-corrected chi connectivity index (χ4v) is 1.39. The summed E-state index contributed by atoms with van der Waals surface area (Å²) in [5.74, 6) is -1.83. The highest BCUT2D eigenvalue weighted by Crippen LogP contribution is 2.24. The smallest absolute Gasteiger partial charge is 0.406 e. The van der Waals surface area contributed by atoms with E-state index in [4.69, 9.17) is 0 Å². The summed E-state index contributed by atoms with van der Waals surface area (Å²) in [5.41, 5.74) is 0.133. The number of carbonyl (C=O) groups excluding carboxylic acids is 1. The van der Waals surface area contributed by atoms with Gasteiger partial charge < -0.3 is 4.74 Å². The quantitative estimate of drug-likeness (QED) is 0.630. The van der Waals surface area contributed by atoms with E-state index in [9.17, 15) is 22.4 Å². The first kappa shape index (κ1) is 14.0. The largest absolute Gasteiger partial charge is 0.573 e. The average molecular weight is 315 g/mol. The lowest BCUT2D eigenvalue weighted by Gasteiger charge is -2.10. The molecule has 0 amide bonds. The van der Waals surface area contributed by atoms with Crippen molar-refractivity contribution in [2.45, 2.75) is 12.8 Å². The van der Waals surface area contributed by atoms with Crippen molar-refractivity contribution in [3.63, 3.8) is 0 Å². The zero-order valence-electron chi connectivity index (χ0n) is 8.35. The fraction of sp³-hybridized carbons (Fsp3) is 0.300. The first-order valence-corrected chi connectivity index (χ1v) is 5.55. The maximum atomic E-state index is 13.0. The highest BCUT2D eigenvalue weighted by atomic mass is 79.9. The number of Topliss-reactive ketones (excluding diaryl/α,β-unsaturated/α-hetero) is 1. The standard InChI is InChI=1S/C10H7BrF4O2/c11-5-8(16)2-6-1-7(12)4-9(3-6)17-10(13,14)15/h1,3-4H,2,5H2. The van der Waals surface area contributed by atoms with E-state index in [-0.39, 0.29) is 23.1 Å². The van der Waals surface area contributed by atoms with E-state index >= 15 is 0 Å². The van der Waals surface area contributed by atoms with Crippen molar-refractivity contribution in [3.05, 3.63) is 29.6 Å². The molecule has 7 heteroatoms. The number of hydrogen-bond donors (Lipinski definition) is 0. The van der Waals surface area contributed by atoms with E-state index in [2.05, 4.69) is 20.7 Å². The van der Waals surface area contributed by atoms with Crippen molar-refractivity contribution in [1.82, 2.24) is 0 Å². The third-order valence-electron chi connectivity index (χ3n) is 1.72. The van der Waals surface area contributed by atoms with Crippen LogP contribution in [0.1, 0.15) is 5.56 Å². The number of ether oxygens (including phenoxy) is 1. The van der Waals surface area contributed by atoms with Crippen LogP contribution in [0.5, 0.6) is 5.75 Å². The number of hydrogen-bond acceptors (Lipinski definition) is 2. The molecule has 17 heavy (non-hydrogen) atoms. The summed E-state index contributed by atoms with van der Waals surface area (Å²) in [5, 5.41) is 0.0545. The Morgan fingerprint density at radius 1 is 1.29 bits per heavy atom. The van der Waals surface area contributed by atoms with Gasteiger partial charge in [-0.25, -0.2) is 4.39 Å². The molecule has 0 radical (unpaired) electrons. The van der Waals surface area contributed by atoms with Gasteiger partial charge in [-0.1, -0.05) is 15.9 Å². The monoisotopic (exact) mass is 314 g/mol. The SMILES string of the molecule is O=C(CBr)Cc1cc(F)cc(OC(F)(F)F)c1. The molecule has 1 aromatic carbocycles. The Bertz CT molecular complexity index is 417. The summed E-state index contributed by atoms with van der Waals surface area (Å²) in [4.78, 5) is 11.1. The van der Waals surface area contributed by atoms with Crippen LogP contribution in [0, 0.1) is 5.82 Å². The van der Waals surface area contributed by atoms with E-state index < -0.39 is 17.9 Å². The van der Waals surface area contributed by atoms with Crippen molar-refractivity contribution in [3.8, 4) is 5.75 Å². The minimum atomic E-state index is -4.88. The van der Waals surface area contributed by atoms with Crippen LogP contribution >= 0.6 is 15.9 Å². The van der Waals surface area contributed by atoms with Crippen molar-refractivity contribution < 1.29 is 27.1 Å². The molecule has 0 saturated heterocycles. The van der Waals surface area contributed by atoms with Gasteiger partial charge in [-0.15, -0.1) is 13.2 Å². The Morgan fingerprint density at radius 2 is 1.94 bits per heavy atom. The number of carbonyl (C=O) groups is 1. The van der Waals surface area contributed by atoms with Crippen LogP contribution in [-0.4, -0.2) is 17.5 Å². The number of benzene rings is 1. The highest BCUT2D eigenvalue weighted by molar-refractivity contribution is 9.09. The summed E-state index contributed by atoms with van der Waals surface area (Å²) < 4.78 is 52.3.